The number of amides is 1. The summed E-state index contributed by atoms with van der Waals surface area (Å²) in [5.74, 6) is 6.31. The van der Waals surface area contributed by atoms with Crippen LogP contribution >= 0.6 is 0 Å². The van der Waals surface area contributed by atoms with Crippen LogP contribution in [-0.4, -0.2) is 129 Å². The number of halogens is 4. The van der Waals surface area contributed by atoms with Crippen LogP contribution in [0, 0.1) is 34.7 Å². The number of benzene rings is 2. The van der Waals surface area contributed by atoms with Gasteiger partial charge >= 0.3 is 5.91 Å². The zero-order valence-electron chi connectivity index (χ0n) is 35.6. The van der Waals surface area contributed by atoms with E-state index in [9.17, 15) is 22.4 Å². The highest BCUT2D eigenvalue weighted by molar-refractivity contribution is 6.84. The first-order chi connectivity index (χ1) is 30.6. The molecule has 2 fully saturated rings. The lowest BCUT2D eigenvalue weighted by Gasteiger charge is -2.36. The third-order valence-corrected chi connectivity index (χ3v) is 11.4. The molecule has 2 aromatic carbocycles. The standard InChI is InChI=1S/C23H29F2N9OSi.C17H21F2N9/c1-36(2,3)13-6-20(35)30-31-21-17-15-27-34(22(17)29-23(26)28-21)12-9-32-7-10-33(11-8-32)19-5-4-16(24)14-18(19)25;18-11-1-2-14(13(19)9-11)27-6-3-26(4-7-27)5-8-28-16-12(10-22-28)15(25-21)23-17(20)24-16/h4-5,14-15H,7-12H2,1-3H3,(H,30,35)(H3,26,28,29,31);1-2,9-10H,3-8,21H2,(H3,20,23,24,25). The van der Waals surface area contributed by atoms with Crippen LogP contribution < -0.4 is 43.4 Å². The smallest absolute Gasteiger partial charge is 0.313 e. The molecule has 0 atom stereocenters. The minimum atomic E-state index is -1.67. The normalized spacial score (nSPS) is 14.8. The monoisotopic (exact) mass is 902 g/mol. The molecule has 0 unspecified atom stereocenters. The molecule has 8 rings (SSSR count). The van der Waals surface area contributed by atoms with Gasteiger partial charge in [0.15, 0.2) is 22.9 Å². The number of aromatic nitrogens is 8. The fourth-order valence-electron chi connectivity index (χ4n) is 7.24. The number of hydrogen-bond donors (Lipinski definition) is 6. The Bertz CT molecular complexity index is 2660. The molecule has 338 valence electrons. The van der Waals surface area contributed by atoms with E-state index in [2.05, 4.69) is 87.3 Å². The van der Waals surface area contributed by atoms with Gasteiger partial charge in [-0.25, -0.2) is 32.8 Å². The molecule has 24 heteroatoms. The maximum atomic E-state index is 14.1. The maximum absolute atomic E-state index is 14.1. The molecule has 1 amide bonds. The number of carbonyl (C=O) groups excluding carboxylic acids is 1. The summed E-state index contributed by atoms with van der Waals surface area (Å²) in [4.78, 5) is 37.2. The summed E-state index contributed by atoms with van der Waals surface area (Å²) in [5.41, 5.74) is 24.4. The van der Waals surface area contributed by atoms with Gasteiger partial charge < -0.3 is 26.7 Å². The number of anilines is 6. The van der Waals surface area contributed by atoms with Crippen LogP contribution in [0.15, 0.2) is 48.8 Å². The van der Waals surface area contributed by atoms with E-state index in [1.165, 1.54) is 24.3 Å². The van der Waals surface area contributed by atoms with Crippen LogP contribution in [0.4, 0.5) is 52.5 Å². The molecule has 2 aliphatic heterocycles. The molecule has 2 aliphatic rings. The van der Waals surface area contributed by atoms with Gasteiger partial charge in [-0.3, -0.25) is 25.4 Å². The van der Waals surface area contributed by atoms with E-state index in [1.807, 2.05) is 9.80 Å². The summed E-state index contributed by atoms with van der Waals surface area (Å²) < 4.78 is 57.9. The molecule has 0 spiro atoms. The van der Waals surface area contributed by atoms with Gasteiger partial charge in [-0.15, -0.1) is 5.54 Å². The molecule has 6 heterocycles. The number of rotatable bonds is 11. The molecule has 9 N–H and O–H groups in total. The minimum absolute atomic E-state index is 0.0455. The molecule has 4 aromatic heterocycles. The maximum Gasteiger partial charge on any atom is 0.313 e. The molecule has 19 nitrogen and oxygen atoms in total. The Morgan fingerprint density at radius 3 is 1.56 bits per heavy atom. The van der Waals surface area contributed by atoms with E-state index in [4.69, 9.17) is 17.3 Å². The Balaban J connectivity index is 0.000000197. The van der Waals surface area contributed by atoms with Crippen molar-refractivity contribution in [3.63, 3.8) is 0 Å². The summed E-state index contributed by atoms with van der Waals surface area (Å²) in [7, 11) is -1.67. The van der Waals surface area contributed by atoms with Crippen molar-refractivity contribution in [1.29, 1.82) is 0 Å². The third kappa shape index (κ3) is 11.2. The Morgan fingerprint density at radius 1 is 0.672 bits per heavy atom. The number of fused-ring (bicyclic) bond motifs is 2. The van der Waals surface area contributed by atoms with Gasteiger partial charge in [0, 0.05) is 77.6 Å². The van der Waals surface area contributed by atoms with E-state index >= 15 is 0 Å². The van der Waals surface area contributed by atoms with E-state index < -0.39 is 37.2 Å². The second kappa shape index (κ2) is 19.7. The summed E-state index contributed by atoms with van der Waals surface area (Å²) >= 11 is 0. The predicted octanol–water partition coefficient (Wildman–Crippen LogP) is 2.63. The zero-order chi connectivity index (χ0) is 45.5. The van der Waals surface area contributed by atoms with Crippen LogP contribution in [0.5, 0.6) is 0 Å². The van der Waals surface area contributed by atoms with Gasteiger partial charge in [-0.2, -0.15) is 30.1 Å². The van der Waals surface area contributed by atoms with Gasteiger partial charge in [0.1, 0.15) is 31.3 Å². The zero-order valence-corrected chi connectivity index (χ0v) is 36.6. The lowest BCUT2D eigenvalue weighted by atomic mass is 10.2. The quantitative estimate of drug-likeness (QED) is 0.0361. The van der Waals surface area contributed by atoms with Crippen molar-refractivity contribution in [2.24, 2.45) is 5.84 Å². The number of nitrogens with zero attached hydrogens (tertiary/aromatic N) is 12. The number of nitrogens with one attached hydrogen (secondary N) is 3. The van der Waals surface area contributed by atoms with Gasteiger partial charge in [0.05, 0.1) is 47.6 Å². The van der Waals surface area contributed by atoms with Crippen molar-refractivity contribution in [2.45, 2.75) is 32.7 Å². The first-order valence-electron chi connectivity index (χ1n) is 20.5. The molecule has 2 saturated heterocycles. The molecular formula is C40H50F4N18OSi. The summed E-state index contributed by atoms with van der Waals surface area (Å²) in [6, 6.07) is 7.36. The number of nitrogens with two attached hydrogens (primary N) is 3. The van der Waals surface area contributed by atoms with Crippen molar-refractivity contribution in [3.8, 4) is 11.5 Å². The Kier molecular flexibility index (Phi) is 13.9. The van der Waals surface area contributed by atoms with Gasteiger partial charge in [-0.05, 0) is 30.2 Å². The largest absolute Gasteiger partial charge is 0.368 e. The van der Waals surface area contributed by atoms with Crippen molar-refractivity contribution in [3.05, 3.63) is 72.1 Å². The fourth-order valence-corrected chi connectivity index (χ4v) is 7.73. The molecular weight excluding hydrogens is 853 g/mol. The van der Waals surface area contributed by atoms with Crippen LogP contribution in [-0.2, 0) is 17.9 Å². The number of piperazine rings is 2. The Labute approximate surface area is 366 Å². The molecule has 0 saturated carbocycles. The second-order valence-electron chi connectivity index (χ2n) is 16.1. The highest BCUT2D eigenvalue weighted by Gasteiger charge is 2.23. The third-order valence-electron chi connectivity index (χ3n) is 10.5. The topological polar surface area (TPSA) is 231 Å². The fraction of sp³-hybridized carbons (Fsp3) is 0.375. The first-order valence-corrected chi connectivity index (χ1v) is 24.0. The van der Waals surface area contributed by atoms with E-state index in [-0.39, 0.29) is 11.9 Å². The van der Waals surface area contributed by atoms with Gasteiger partial charge in [-0.1, -0.05) is 19.6 Å². The Morgan fingerprint density at radius 2 is 1.12 bits per heavy atom. The lowest BCUT2D eigenvalue weighted by molar-refractivity contribution is -0.115. The molecule has 0 radical (unpaired) electrons. The van der Waals surface area contributed by atoms with Crippen molar-refractivity contribution >= 4 is 71.0 Å². The number of hydrazine groups is 2. The molecule has 0 bridgehead atoms. The van der Waals surface area contributed by atoms with Crippen LogP contribution in [0.25, 0.3) is 22.1 Å². The number of hydrogen-bond acceptors (Lipinski definition) is 16. The summed E-state index contributed by atoms with van der Waals surface area (Å²) in [5, 5.41) is 10.1. The highest BCUT2D eigenvalue weighted by Crippen LogP contribution is 2.25. The van der Waals surface area contributed by atoms with Crippen LogP contribution in [0.1, 0.15) is 0 Å². The molecule has 6 aromatic rings. The predicted molar refractivity (Wildman–Crippen MR) is 240 cm³/mol. The number of carbonyl (C=O) groups is 1. The van der Waals surface area contributed by atoms with Gasteiger partial charge in [0.2, 0.25) is 11.9 Å². The average Bonchev–Trinajstić information content (AvgIpc) is 3.87. The second-order valence-corrected chi connectivity index (χ2v) is 20.9. The Hall–Kier alpha value is -6.81. The average molecular weight is 903 g/mol. The van der Waals surface area contributed by atoms with E-state index in [1.54, 1.807) is 21.8 Å². The lowest BCUT2D eigenvalue weighted by Crippen LogP contribution is -2.47. The van der Waals surface area contributed by atoms with Gasteiger partial charge in [0.25, 0.3) is 0 Å². The molecule has 64 heavy (non-hydrogen) atoms. The SMILES string of the molecule is C[Si](C)(C)C#CC(=O)NNc1nc(N)nc2c1cnn2CCN1CCN(c2ccc(F)cc2F)CC1.NNc1nc(N)nc2c1cnn2CCN1CCN(c2ccc(F)cc2F)CC1. The van der Waals surface area contributed by atoms with Crippen molar-refractivity contribution in [1.82, 2.24) is 54.7 Å². The van der Waals surface area contributed by atoms with Crippen molar-refractivity contribution < 1.29 is 22.4 Å². The number of nitrogen functional groups attached to an aromatic ring is 3. The van der Waals surface area contributed by atoms with E-state index in [0.717, 1.165) is 44.9 Å². The highest BCUT2D eigenvalue weighted by atomic mass is 28.3. The van der Waals surface area contributed by atoms with Crippen LogP contribution in [0.3, 0.4) is 0 Å². The van der Waals surface area contributed by atoms with E-state index in [0.29, 0.717) is 90.9 Å². The summed E-state index contributed by atoms with van der Waals surface area (Å²) in [6.45, 7) is 14.4. The van der Waals surface area contributed by atoms with Crippen LogP contribution in [0.2, 0.25) is 19.6 Å². The first kappa shape index (κ1) is 45.2. The molecule has 0 aliphatic carbocycles. The van der Waals surface area contributed by atoms with Crippen molar-refractivity contribution in [2.75, 3.05) is 97.6 Å². The minimum Gasteiger partial charge on any atom is -0.368 e. The summed E-state index contributed by atoms with van der Waals surface area (Å²) in [6.07, 6.45) is 3.27.